The lowest BCUT2D eigenvalue weighted by Crippen LogP contribution is -2.20. The van der Waals surface area contributed by atoms with E-state index in [0.29, 0.717) is 6.61 Å². The Morgan fingerprint density at radius 1 is 1.22 bits per heavy atom. The molecule has 0 aliphatic carbocycles. The summed E-state index contributed by atoms with van der Waals surface area (Å²) in [7, 11) is 3.30. The van der Waals surface area contributed by atoms with Gasteiger partial charge in [-0.05, 0) is 31.9 Å². The third kappa shape index (κ3) is 4.20. The van der Waals surface area contributed by atoms with Gasteiger partial charge in [-0.15, -0.1) is 0 Å². The number of rotatable bonds is 7. The molecule has 0 fully saturated rings. The Morgan fingerprint density at radius 2 is 1.94 bits per heavy atom. The fourth-order valence-electron chi connectivity index (χ4n) is 1.66. The molecule has 0 aliphatic heterocycles. The van der Waals surface area contributed by atoms with Gasteiger partial charge in [-0.1, -0.05) is 12.1 Å². The Balaban J connectivity index is 2.89. The molecule has 0 heterocycles. The number of nitrogens with two attached hydrogens (primary N) is 1. The molecule has 0 saturated carbocycles. The summed E-state index contributed by atoms with van der Waals surface area (Å²) in [4.78, 5) is 0. The van der Waals surface area contributed by atoms with Crippen LogP contribution in [0.2, 0.25) is 0 Å². The highest BCUT2D eigenvalue weighted by molar-refractivity contribution is 5.47. The van der Waals surface area contributed by atoms with E-state index in [-0.39, 0.29) is 12.1 Å². The standard InChI is InChI=1S/C14H23NO3/c1-10(15)8-12-6-5-7-13(17-4)14(12)18-9-11(2)16-3/h5-7,10-11H,8-9,15H2,1-4H3. The van der Waals surface area contributed by atoms with E-state index in [1.807, 2.05) is 32.0 Å². The number of hydrogen-bond donors (Lipinski definition) is 1. The van der Waals surface area contributed by atoms with Gasteiger partial charge in [0.15, 0.2) is 11.5 Å². The maximum Gasteiger partial charge on any atom is 0.164 e. The zero-order valence-electron chi connectivity index (χ0n) is 11.6. The van der Waals surface area contributed by atoms with E-state index in [0.717, 1.165) is 23.5 Å². The third-order valence-electron chi connectivity index (χ3n) is 2.69. The SMILES string of the molecule is COc1cccc(CC(C)N)c1OCC(C)OC. The minimum atomic E-state index is 0.0399. The van der Waals surface area contributed by atoms with Gasteiger partial charge in [-0.25, -0.2) is 0 Å². The van der Waals surface area contributed by atoms with E-state index in [1.54, 1.807) is 14.2 Å². The summed E-state index contributed by atoms with van der Waals surface area (Å²) < 4.78 is 16.3. The normalized spacial score (nSPS) is 14.1. The topological polar surface area (TPSA) is 53.7 Å². The molecule has 18 heavy (non-hydrogen) atoms. The maximum absolute atomic E-state index is 5.85. The first kappa shape index (κ1) is 14.8. The van der Waals surface area contributed by atoms with Crippen molar-refractivity contribution in [2.45, 2.75) is 32.4 Å². The van der Waals surface area contributed by atoms with Crippen molar-refractivity contribution in [1.82, 2.24) is 0 Å². The van der Waals surface area contributed by atoms with Crippen LogP contribution >= 0.6 is 0 Å². The number of ether oxygens (including phenoxy) is 3. The first-order valence-corrected chi connectivity index (χ1v) is 6.15. The van der Waals surface area contributed by atoms with Gasteiger partial charge in [0.05, 0.1) is 13.2 Å². The molecular formula is C14H23NO3. The van der Waals surface area contributed by atoms with Gasteiger partial charge in [-0.3, -0.25) is 0 Å². The maximum atomic E-state index is 5.85. The summed E-state index contributed by atoms with van der Waals surface area (Å²) in [5.41, 5.74) is 6.91. The second-order valence-electron chi connectivity index (χ2n) is 4.49. The number of benzene rings is 1. The first-order valence-electron chi connectivity index (χ1n) is 6.15. The van der Waals surface area contributed by atoms with Crippen molar-refractivity contribution < 1.29 is 14.2 Å². The highest BCUT2D eigenvalue weighted by Gasteiger charge is 2.13. The Morgan fingerprint density at radius 3 is 2.50 bits per heavy atom. The van der Waals surface area contributed by atoms with Crippen molar-refractivity contribution in [3.8, 4) is 11.5 Å². The average Bonchev–Trinajstić information content (AvgIpc) is 2.35. The predicted octanol–water partition coefficient (Wildman–Crippen LogP) is 2.00. The number of para-hydroxylation sites is 1. The Kier molecular flexibility index (Phi) is 5.95. The van der Waals surface area contributed by atoms with E-state index in [9.17, 15) is 0 Å². The van der Waals surface area contributed by atoms with Crippen LogP contribution in [0.1, 0.15) is 19.4 Å². The average molecular weight is 253 g/mol. The van der Waals surface area contributed by atoms with Crippen molar-refractivity contribution in [3.05, 3.63) is 23.8 Å². The molecule has 2 atom stereocenters. The minimum absolute atomic E-state index is 0.0399. The van der Waals surface area contributed by atoms with E-state index < -0.39 is 0 Å². The summed E-state index contributed by atoms with van der Waals surface area (Å²) in [6.45, 7) is 4.42. The van der Waals surface area contributed by atoms with Gasteiger partial charge in [0, 0.05) is 13.2 Å². The molecule has 4 heteroatoms. The van der Waals surface area contributed by atoms with Gasteiger partial charge in [0.1, 0.15) is 6.61 Å². The van der Waals surface area contributed by atoms with Crippen LogP contribution in [0.3, 0.4) is 0 Å². The van der Waals surface area contributed by atoms with Crippen LogP contribution in [-0.2, 0) is 11.2 Å². The van der Waals surface area contributed by atoms with E-state index >= 15 is 0 Å². The zero-order valence-corrected chi connectivity index (χ0v) is 11.6. The lowest BCUT2D eigenvalue weighted by molar-refractivity contribution is 0.0702. The van der Waals surface area contributed by atoms with Crippen molar-refractivity contribution in [2.75, 3.05) is 20.8 Å². The molecule has 102 valence electrons. The molecule has 1 rings (SSSR count). The highest BCUT2D eigenvalue weighted by atomic mass is 16.5. The molecule has 0 saturated heterocycles. The molecule has 0 aromatic heterocycles. The Labute approximate surface area is 109 Å². The molecule has 0 bridgehead atoms. The van der Waals surface area contributed by atoms with Crippen LogP contribution in [0.15, 0.2) is 18.2 Å². The van der Waals surface area contributed by atoms with Gasteiger partial charge in [-0.2, -0.15) is 0 Å². The van der Waals surface area contributed by atoms with Crippen molar-refractivity contribution in [3.63, 3.8) is 0 Å². The fraction of sp³-hybridized carbons (Fsp3) is 0.571. The minimum Gasteiger partial charge on any atom is -0.493 e. The van der Waals surface area contributed by atoms with Crippen LogP contribution in [0.5, 0.6) is 11.5 Å². The van der Waals surface area contributed by atoms with Gasteiger partial charge >= 0.3 is 0 Å². The number of methoxy groups -OCH3 is 2. The summed E-state index contributed by atoms with van der Waals surface area (Å²) in [6, 6.07) is 5.93. The predicted molar refractivity (Wildman–Crippen MR) is 72.3 cm³/mol. The molecule has 0 aliphatic rings. The third-order valence-corrected chi connectivity index (χ3v) is 2.69. The van der Waals surface area contributed by atoms with Crippen LogP contribution in [0, 0.1) is 0 Å². The smallest absolute Gasteiger partial charge is 0.164 e. The second-order valence-corrected chi connectivity index (χ2v) is 4.49. The van der Waals surface area contributed by atoms with E-state index in [2.05, 4.69) is 0 Å². The molecule has 4 nitrogen and oxygen atoms in total. The van der Waals surface area contributed by atoms with E-state index in [1.165, 1.54) is 0 Å². The zero-order chi connectivity index (χ0) is 13.5. The van der Waals surface area contributed by atoms with Crippen LogP contribution in [0.25, 0.3) is 0 Å². The van der Waals surface area contributed by atoms with Crippen molar-refractivity contribution in [2.24, 2.45) is 5.73 Å². The summed E-state index contributed by atoms with van der Waals surface area (Å²) in [5.74, 6) is 1.50. The van der Waals surface area contributed by atoms with Crippen LogP contribution in [0.4, 0.5) is 0 Å². The molecule has 1 aromatic rings. The van der Waals surface area contributed by atoms with Gasteiger partial charge in [0.25, 0.3) is 0 Å². The van der Waals surface area contributed by atoms with Crippen LogP contribution < -0.4 is 15.2 Å². The summed E-state index contributed by atoms with van der Waals surface area (Å²) >= 11 is 0. The summed E-state index contributed by atoms with van der Waals surface area (Å²) in [6.07, 6.45) is 0.798. The van der Waals surface area contributed by atoms with Gasteiger partial charge in [0.2, 0.25) is 0 Å². The number of hydrogen-bond acceptors (Lipinski definition) is 4. The van der Waals surface area contributed by atoms with E-state index in [4.69, 9.17) is 19.9 Å². The quantitative estimate of drug-likeness (QED) is 0.807. The largest absolute Gasteiger partial charge is 0.493 e. The fourth-order valence-corrected chi connectivity index (χ4v) is 1.66. The lowest BCUT2D eigenvalue weighted by Gasteiger charge is -2.18. The Bertz CT molecular complexity index is 366. The molecule has 2 unspecified atom stereocenters. The molecule has 0 radical (unpaired) electrons. The van der Waals surface area contributed by atoms with Crippen molar-refractivity contribution in [1.29, 1.82) is 0 Å². The Hall–Kier alpha value is -1.26. The molecule has 2 N–H and O–H groups in total. The van der Waals surface area contributed by atoms with Crippen molar-refractivity contribution >= 4 is 0 Å². The monoisotopic (exact) mass is 253 g/mol. The molecular weight excluding hydrogens is 230 g/mol. The first-order chi connectivity index (χ1) is 8.58. The second kappa shape index (κ2) is 7.24. The molecule has 0 amide bonds. The lowest BCUT2D eigenvalue weighted by atomic mass is 10.1. The van der Waals surface area contributed by atoms with Gasteiger partial charge < -0.3 is 19.9 Å². The molecule has 1 aromatic carbocycles. The highest BCUT2D eigenvalue weighted by Crippen LogP contribution is 2.31. The molecule has 0 spiro atoms. The summed E-state index contributed by atoms with van der Waals surface area (Å²) in [5, 5.41) is 0. The van der Waals surface area contributed by atoms with Crippen LogP contribution in [-0.4, -0.2) is 33.0 Å².